The van der Waals surface area contributed by atoms with Gasteiger partial charge < -0.3 is 0 Å². The van der Waals surface area contributed by atoms with Crippen LogP contribution in [0.3, 0.4) is 0 Å². The monoisotopic (exact) mass is 121 g/mol. The van der Waals surface area contributed by atoms with Crippen molar-refractivity contribution in [3.8, 4) is 0 Å². The average Bonchev–Trinajstić information content (AvgIpc) is 2.71. The Hall–Kier alpha value is -0.260. The summed E-state index contributed by atoms with van der Waals surface area (Å²) in [7, 11) is 0. The fourth-order valence-corrected chi connectivity index (χ4v) is 1.59. The van der Waals surface area contributed by atoms with Crippen LogP contribution in [0.2, 0.25) is 0 Å². The Morgan fingerprint density at radius 3 is 2.67 bits per heavy atom. The van der Waals surface area contributed by atoms with Gasteiger partial charge in [-0.2, -0.15) is 0 Å². The lowest BCUT2D eigenvalue weighted by molar-refractivity contribution is 0.668. The highest BCUT2D eigenvalue weighted by Gasteiger charge is 2.30. The SMILES string of the molecule is C1=CC[C](C2CC2)CC1. The van der Waals surface area contributed by atoms with Crippen LogP contribution in [0.25, 0.3) is 0 Å². The fraction of sp³-hybridized carbons (Fsp3) is 0.667. The zero-order valence-electron chi connectivity index (χ0n) is 5.77. The average molecular weight is 121 g/mol. The van der Waals surface area contributed by atoms with Gasteiger partial charge in [-0.3, -0.25) is 0 Å². The molecule has 2 aliphatic rings. The lowest BCUT2D eigenvalue weighted by Crippen LogP contribution is -2.01. The molecule has 1 saturated carbocycles. The maximum Gasteiger partial charge on any atom is -0.0170 e. The standard InChI is InChI=1S/C9H13/c1-2-4-8(5-3-1)9-6-7-9/h1-2,9H,3-7H2. The normalized spacial score (nSPS) is 28.9. The summed E-state index contributed by atoms with van der Waals surface area (Å²) in [5.74, 6) is 2.88. The van der Waals surface area contributed by atoms with Crippen molar-refractivity contribution in [2.75, 3.05) is 0 Å². The molecule has 0 aromatic carbocycles. The molecular formula is C9H13. The summed E-state index contributed by atoms with van der Waals surface area (Å²) in [6.07, 6.45) is 11.6. The van der Waals surface area contributed by atoms with E-state index in [1.54, 1.807) is 0 Å². The van der Waals surface area contributed by atoms with E-state index in [1.807, 2.05) is 5.92 Å². The first-order chi connectivity index (χ1) is 4.47. The second kappa shape index (κ2) is 2.17. The van der Waals surface area contributed by atoms with Crippen LogP contribution in [0.1, 0.15) is 32.1 Å². The molecule has 0 aromatic rings. The number of hydrogen-bond donors (Lipinski definition) is 0. The van der Waals surface area contributed by atoms with E-state index in [2.05, 4.69) is 12.2 Å². The van der Waals surface area contributed by atoms with Gasteiger partial charge in [0.15, 0.2) is 0 Å². The van der Waals surface area contributed by atoms with Crippen molar-refractivity contribution in [1.82, 2.24) is 0 Å². The molecule has 0 aliphatic heterocycles. The highest BCUT2D eigenvalue weighted by atomic mass is 14.4. The van der Waals surface area contributed by atoms with Crippen LogP contribution in [0.15, 0.2) is 12.2 Å². The smallest absolute Gasteiger partial charge is 0.0170 e. The Bertz CT molecular complexity index is 120. The van der Waals surface area contributed by atoms with Gasteiger partial charge in [-0.1, -0.05) is 12.2 Å². The molecule has 0 nitrogen and oxygen atoms in total. The Morgan fingerprint density at radius 1 is 1.22 bits per heavy atom. The van der Waals surface area contributed by atoms with Crippen molar-refractivity contribution in [2.45, 2.75) is 32.1 Å². The van der Waals surface area contributed by atoms with Crippen LogP contribution in [-0.4, -0.2) is 0 Å². The Kier molecular flexibility index (Phi) is 1.33. The van der Waals surface area contributed by atoms with Crippen molar-refractivity contribution in [3.05, 3.63) is 18.1 Å². The van der Waals surface area contributed by atoms with Crippen molar-refractivity contribution >= 4 is 0 Å². The van der Waals surface area contributed by atoms with Gasteiger partial charge in [0.25, 0.3) is 0 Å². The summed E-state index contributed by atoms with van der Waals surface area (Å²) in [6.45, 7) is 0. The maximum absolute atomic E-state index is 2.33. The van der Waals surface area contributed by atoms with E-state index in [0.29, 0.717) is 0 Å². The van der Waals surface area contributed by atoms with Gasteiger partial charge in [0, 0.05) is 0 Å². The van der Waals surface area contributed by atoms with Gasteiger partial charge in [0.05, 0.1) is 0 Å². The molecule has 0 amide bonds. The van der Waals surface area contributed by atoms with Gasteiger partial charge in [0.2, 0.25) is 0 Å². The van der Waals surface area contributed by atoms with E-state index in [-0.39, 0.29) is 0 Å². The van der Waals surface area contributed by atoms with Crippen molar-refractivity contribution in [1.29, 1.82) is 0 Å². The van der Waals surface area contributed by atoms with Gasteiger partial charge >= 0.3 is 0 Å². The molecule has 0 spiro atoms. The minimum atomic E-state index is 1.05. The predicted molar refractivity (Wildman–Crippen MR) is 39.0 cm³/mol. The molecule has 1 fully saturated rings. The van der Waals surface area contributed by atoms with Crippen molar-refractivity contribution in [2.24, 2.45) is 5.92 Å². The summed E-state index contributed by atoms with van der Waals surface area (Å²) in [5.41, 5.74) is 0. The number of allylic oxidation sites excluding steroid dienone is 2. The zero-order chi connectivity index (χ0) is 6.10. The summed E-state index contributed by atoms with van der Waals surface area (Å²) in [6, 6.07) is 0. The van der Waals surface area contributed by atoms with E-state index in [9.17, 15) is 0 Å². The second-order valence-corrected chi connectivity index (χ2v) is 3.15. The lowest BCUT2D eigenvalue weighted by Gasteiger charge is -2.15. The molecule has 0 heterocycles. The van der Waals surface area contributed by atoms with E-state index < -0.39 is 0 Å². The summed E-state index contributed by atoms with van der Waals surface area (Å²) >= 11 is 0. The molecule has 0 atom stereocenters. The Morgan fingerprint density at radius 2 is 2.11 bits per heavy atom. The van der Waals surface area contributed by atoms with E-state index in [1.165, 1.54) is 32.1 Å². The number of hydrogen-bond acceptors (Lipinski definition) is 0. The van der Waals surface area contributed by atoms with Gasteiger partial charge in [0.1, 0.15) is 0 Å². The molecule has 0 N–H and O–H groups in total. The number of rotatable bonds is 1. The molecule has 0 bridgehead atoms. The molecule has 2 aliphatic carbocycles. The molecular weight excluding hydrogens is 108 g/mol. The molecule has 49 valence electrons. The largest absolute Gasteiger partial charge is 0.0885 e. The topological polar surface area (TPSA) is 0 Å². The van der Waals surface area contributed by atoms with Gasteiger partial charge in [-0.15, -0.1) is 0 Å². The van der Waals surface area contributed by atoms with Crippen LogP contribution in [0.4, 0.5) is 0 Å². The van der Waals surface area contributed by atoms with Crippen LogP contribution < -0.4 is 0 Å². The predicted octanol–water partition coefficient (Wildman–Crippen LogP) is 2.71. The molecule has 0 aromatic heterocycles. The van der Waals surface area contributed by atoms with Crippen molar-refractivity contribution in [3.63, 3.8) is 0 Å². The Balaban J connectivity index is 1.89. The highest BCUT2D eigenvalue weighted by molar-refractivity contribution is 5.11. The van der Waals surface area contributed by atoms with Crippen LogP contribution in [0.5, 0.6) is 0 Å². The van der Waals surface area contributed by atoms with Crippen LogP contribution in [-0.2, 0) is 0 Å². The van der Waals surface area contributed by atoms with Crippen LogP contribution >= 0.6 is 0 Å². The van der Waals surface area contributed by atoms with Gasteiger partial charge in [-0.25, -0.2) is 0 Å². The van der Waals surface area contributed by atoms with E-state index in [0.717, 1.165) is 5.92 Å². The lowest BCUT2D eigenvalue weighted by atomic mass is 9.90. The summed E-state index contributed by atoms with van der Waals surface area (Å²) in [5, 5.41) is 0. The van der Waals surface area contributed by atoms with Crippen molar-refractivity contribution < 1.29 is 0 Å². The highest BCUT2D eigenvalue weighted by Crippen LogP contribution is 2.43. The molecule has 0 unspecified atom stereocenters. The fourth-order valence-electron chi connectivity index (χ4n) is 1.59. The summed E-state index contributed by atoms with van der Waals surface area (Å²) < 4.78 is 0. The molecule has 9 heavy (non-hydrogen) atoms. The van der Waals surface area contributed by atoms with Gasteiger partial charge in [-0.05, 0) is 43.9 Å². The van der Waals surface area contributed by atoms with Crippen LogP contribution in [0, 0.1) is 11.8 Å². The minimum Gasteiger partial charge on any atom is -0.0885 e. The third kappa shape index (κ3) is 1.17. The maximum atomic E-state index is 2.33. The first kappa shape index (κ1) is 5.52. The second-order valence-electron chi connectivity index (χ2n) is 3.15. The first-order valence-corrected chi connectivity index (χ1v) is 3.96. The first-order valence-electron chi connectivity index (χ1n) is 3.96. The molecule has 2 rings (SSSR count). The third-order valence-electron chi connectivity index (χ3n) is 2.33. The quantitative estimate of drug-likeness (QED) is 0.468. The Labute approximate surface area is 57.0 Å². The third-order valence-corrected chi connectivity index (χ3v) is 2.33. The molecule has 0 heteroatoms. The summed E-state index contributed by atoms with van der Waals surface area (Å²) in [4.78, 5) is 0. The van der Waals surface area contributed by atoms with E-state index >= 15 is 0 Å². The minimum absolute atomic E-state index is 1.05. The zero-order valence-corrected chi connectivity index (χ0v) is 5.77. The van der Waals surface area contributed by atoms with E-state index in [4.69, 9.17) is 0 Å². The molecule has 1 radical (unpaired) electrons. The molecule has 0 saturated heterocycles.